The van der Waals surface area contributed by atoms with Crippen LogP contribution in [-0.2, 0) is 24.0 Å². The summed E-state index contributed by atoms with van der Waals surface area (Å²) < 4.78 is 11.7. The molecule has 63 heavy (non-hydrogen) atoms. The number of unbranched alkanes of at least 4 members (excludes halogenated alkanes) is 2. The van der Waals surface area contributed by atoms with E-state index in [4.69, 9.17) is 44.2 Å². The molecule has 8 bridgehead atoms. The second-order valence-corrected chi connectivity index (χ2v) is 15.0. The third kappa shape index (κ3) is 7.75. The molecule has 6 heterocycles. The van der Waals surface area contributed by atoms with Crippen LogP contribution < -0.4 is 10.1 Å². The fraction of sp³-hybridized carbons (Fsp3) is 0.217. The summed E-state index contributed by atoms with van der Waals surface area (Å²) in [6.07, 6.45) is 1.68. The van der Waals surface area contributed by atoms with Gasteiger partial charge >= 0.3 is 12.1 Å². The zero-order valence-corrected chi connectivity index (χ0v) is 33.7. The largest absolute Gasteiger partial charge is 0.493 e. The minimum atomic E-state index is -0.644. The molecule has 3 aliphatic rings. The molecule has 17 nitrogen and oxygen atoms in total. The van der Waals surface area contributed by atoms with Crippen molar-refractivity contribution >= 4 is 68.0 Å². The number of amides is 3. The predicted molar refractivity (Wildman–Crippen MR) is 231 cm³/mol. The number of hydrogen-bond acceptors (Lipinski definition) is 13. The lowest BCUT2D eigenvalue weighted by molar-refractivity contribution is -0.197. The van der Waals surface area contributed by atoms with Gasteiger partial charge in [-0.3, -0.25) is 9.59 Å². The third-order valence-electron chi connectivity index (χ3n) is 10.8. The number of rotatable bonds is 12. The number of benzene rings is 4. The van der Waals surface area contributed by atoms with Crippen molar-refractivity contribution in [1.29, 1.82) is 0 Å². The fourth-order valence-electron chi connectivity index (χ4n) is 7.80. The van der Waals surface area contributed by atoms with Gasteiger partial charge in [-0.1, -0.05) is 91.3 Å². The van der Waals surface area contributed by atoms with E-state index in [2.05, 4.69) is 15.3 Å². The number of aromatic nitrogens is 8. The average molecular weight is 843 g/mol. The van der Waals surface area contributed by atoms with Gasteiger partial charge in [-0.25, -0.2) is 39.5 Å². The minimum Gasteiger partial charge on any atom is -0.493 e. The lowest BCUT2D eigenvalue weighted by Crippen LogP contribution is -2.32. The molecule has 0 spiro atoms. The quantitative estimate of drug-likeness (QED) is 0.0801. The first-order chi connectivity index (χ1) is 30.9. The molecule has 0 radical (unpaired) electrons. The normalized spacial score (nSPS) is 13.0. The summed E-state index contributed by atoms with van der Waals surface area (Å²) in [5, 5.41) is 6.70. The molecule has 3 aliphatic heterocycles. The van der Waals surface area contributed by atoms with E-state index in [1.165, 1.54) is 0 Å². The molecule has 4 aromatic carbocycles. The minimum absolute atomic E-state index is 0.0462. The Labute approximate surface area is 357 Å². The number of fused-ring (bicyclic) bond motifs is 20. The Kier molecular flexibility index (Phi) is 10.4. The smallest absolute Gasteiger partial charge is 0.407 e. The number of nitrogens with zero attached hydrogens (tertiary/aromatic N) is 7. The van der Waals surface area contributed by atoms with Gasteiger partial charge in [0.05, 0.1) is 18.8 Å². The fourth-order valence-corrected chi connectivity index (χ4v) is 7.80. The molecule has 0 unspecified atom stereocenters. The summed E-state index contributed by atoms with van der Waals surface area (Å²) in [6, 6.07) is 29.4. The van der Waals surface area contributed by atoms with Crippen molar-refractivity contribution in [3.05, 3.63) is 91.0 Å². The van der Waals surface area contributed by atoms with Crippen LogP contribution in [0.5, 0.6) is 5.75 Å². The van der Waals surface area contributed by atoms with Crippen LogP contribution in [0.25, 0.3) is 89.7 Å². The monoisotopic (exact) mass is 842 g/mol. The van der Waals surface area contributed by atoms with Crippen LogP contribution in [0.4, 0.5) is 4.79 Å². The Morgan fingerprint density at radius 2 is 1.10 bits per heavy atom. The molecular formula is C46H38N10O7. The maximum atomic E-state index is 12.4. The van der Waals surface area contributed by atoms with E-state index in [1.54, 1.807) is 0 Å². The van der Waals surface area contributed by atoms with E-state index in [0.717, 1.165) is 38.2 Å². The van der Waals surface area contributed by atoms with E-state index >= 15 is 0 Å². The van der Waals surface area contributed by atoms with Crippen molar-refractivity contribution in [2.75, 3.05) is 19.8 Å². The number of carbonyl (C=O) groups excluding carboxylic acids is 4. The number of carbonyl (C=O) groups is 4. The van der Waals surface area contributed by atoms with Gasteiger partial charge in [0.2, 0.25) is 0 Å². The number of hydroxylamine groups is 2. The number of imide groups is 1. The van der Waals surface area contributed by atoms with E-state index in [1.807, 2.05) is 91.0 Å². The standard InChI is InChI=1S/C46H38N10O7/c57-34-21-22-35(58)56(34)63-36(59)20-2-1-9-23-47-46(60)62-25-11-24-61-33-19-10-18-32-37(33)45-54-43-31-17-8-7-16-30(31)41(52-43)50-39-27-13-4-3-12-26(27)38(48-39)49-40-28-14-5-6-15-29(28)42(51-40)53-44(32)55-45/h3-8,10,12-19H,1-2,9,11,20-25H2,(H,47,60)(H2,48,49,50,51,52,53,54,55). The molecule has 10 rings (SSSR count). The van der Waals surface area contributed by atoms with Crippen LogP contribution in [-0.4, -0.2) is 88.6 Å². The van der Waals surface area contributed by atoms with Crippen molar-refractivity contribution in [2.24, 2.45) is 0 Å². The van der Waals surface area contributed by atoms with Crippen LogP contribution in [0.15, 0.2) is 91.0 Å². The molecular weight excluding hydrogens is 805 g/mol. The van der Waals surface area contributed by atoms with Gasteiger partial charge in [0, 0.05) is 70.5 Å². The number of aromatic amines is 2. The molecule has 0 atom stereocenters. The molecule has 314 valence electrons. The van der Waals surface area contributed by atoms with Crippen LogP contribution in [0.2, 0.25) is 0 Å². The highest BCUT2D eigenvalue weighted by Crippen LogP contribution is 2.41. The lowest BCUT2D eigenvalue weighted by Gasteiger charge is -2.12. The van der Waals surface area contributed by atoms with Gasteiger partial charge in [0.25, 0.3) is 11.8 Å². The molecule has 7 aromatic rings. The summed E-state index contributed by atoms with van der Waals surface area (Å²) in [4.78, 5) is 89.6. The Bertz CT molecular complexity index is 3140. The van der Waals surface area contributed by atoms with Crippen molar-refractivity contribution in [3.63, 3.8) is 0 Å². The highest BCUT2D eigenvalue weighted by Gasteiger charge is 2.32. The van der Waals surface area contributed by atoms with Gasteiger partial charge in [0.15, 0.2) is 23.3 Å². The lowest BCUT2D eigenvalue weighted by atomic mass is 10.1. The Morgan fingerprint density at radius 3 is 1.70 bits per heavy atom. The van der Waals surface area contributed by atoms with E-state index < -0.39 is 23.9 Å². The van der Waals surface area contributed by atoms with E-state index in [-0.39, 0.29) is 32.5 Å². The summed E-state index contributed by atoms with van der Waals surface area (Å²) in [5.41, 5.74) is 5.45. The van der Waals surface area contributed by atoms with Gasteiger partial charge in [-0.15, -0.1) is 5.06 Å². The zero-order valence-electron chi connectivity index (χ0n) is 33.7. The summed E-state index contributed by atoms with van der Waals surface area (Å²) >= 11 is 0. The van der Waals surface area contributed by atoms with Crippen molar-refractivity contribution in [1.82, 2.24) is 50.3 Å². The van der Waals surface area contributed by atoms with E-state index in [9.17, 15) is 19.2 Å². The highest BCUT2D eigenvalue weighted by atomic mass is 16.7. The summed E-state index contributed by atoms with van der Waals surface area (Å²) in [6.45, 7) is 0.695. The van der Waals surface area contributed by atoms with Gasteiger partial charge in [-0.05, 0) is 18.9 Å². The van der Waals surface area contributed by atoms with Gasteiger partial charge in [0.1, 0.15) is 28.3 Å². The molecule has 17 heteroatoms. The molecule has 0 aliphatic carbocycles. The maximum Gasteiger partial charge on any atom is 0.407 e. The Balaban J connectivity index is 0.878. The first kappa shape index (κ1) is 39.1. The van der Waals surface area contributed by atoms with Crippen LogP contribution in [0.3, 0.4) is 0 Å². The first-order valence-electron chi connectivity index (χ1n) is 20.7. The summed E-state index contributed by atoms with van der Waals surface area (Å²) in [7, 11) is 0. The topological polar surface area (TPSA) is 220 Å². The molecule has 0 saturated carbocycles. The second kappa shape index (κ2) is 16.8. The molecule has 3 amide bonds. The summed E-state index contributed by atoms with van der Waals surface area (Å²) in [5.74, 6) is 0.769. The number of hydrogen-bond donors (Lipinski definition) is 3. The molecule has 3 aromatic heterocycles. The van der Waals surface area contributed by atoms with E-state index in [0.29, 0.717) is 94.5 Å². The highest BCUT2D eigenvalue weighted by molar-refractivity contribution is 6.06. The Morgan fingerprint density at radius 1 is 0.571 bits per heavy atom. The SMILES string of the molecule is O=C(CCCCCNC(=O)OCCCOc1cccc2c1-c1nc-2nc2[nH]c(nc3nc(nc4[nH]c(n1)c1ccccc41)-c1ccccc1-3)c1ccccc21)ON1C(=O)CCC1=O. The number of ether oxygens (including phenoxy) is 2. The number of H-pyrrole nitrogens is 2. The molecule has 1 saturated heterocycles. The van der Waals surface area contributed by atoms with Gasteiger partial charge in [-0.2, -0.15) is 0 Å². The van der Waals surface area contributed by atoms with Crippen molar-refractivity contribution in [3.8, 4) is 51.3 Å². The maximum absolute atomic E-state index is 12.4. The second-order valence-electron chi connectivity index (χ2n) is 15.0. The number of alkyl carbamates (subject to hydrolysis) is 1. The third-order valence-corrected chi connectivity index (χ3v) is 10.8. The van der Waals surface area contributed by atoms with Crippen molar-refractivity contribution in [2.45, 2.75) is 44.9 Å². The number of nitrogens with one attached hydrogen (secondary N) is 3. The zero-order chi connectivity index (χ0) is 42.9. The Hall–Kier alpha value is -8.08. The predicted octanol–water partition coefficient (Wildman–Crippen LogP) is 7.53. The van der Waals surface area contributed by atoms with Crippen LogP contribution in [0.1, 0.15) is 44.9 Å². The van der Waals surface area contributed by atoms with Crippen LogP contribution in [0, 0.1) is 0 Å². The average Bonchev–Trinajstić information content (AvgIpc) is 4.10. The van der Waals surface area contributed by atoms with Gasteiger partial charge < -0.3 is 29.6 Å². The van der Waals surface area contributed by atoms with Crippen molar-refractivity contribution < 1.29 is 33.5 Å². The molecule has 3 N–H and O–H groups in total. The molecule has 1 fully saturated rings. The van der Waals surface area contributed by atoms with Crippen LogP contribution >= 0.6 is 0 Å². The first-order valence-corrected chi connectivity index (χ1v) is 20.7.